The van der Waals surface area contributed by atoms with Crippen LogP contribution in [-0.4, -0.2) is 30.7 Å². The summed E-state index contributed by atoms with van der Waals surface area (Å²) < 4.78 is 10.8. The van der Waals surface area contributed by atoms with Gasteiger partial charge in [-0.15, -0.1) is 0 Å². The Morgan fingerprint density at radius 2 is 1.92 bits per heavy atom. The monoisotopic (exact) mass is 363 g/mol. The predicted molar refractivity (Wildman–Crippen MR) is 92.3 cm³/mol. The first kappa shape index (κ1) is 15.6. The zero-order valence-electron chi connectivity index (χ0n) is 12.8. The van der Waals surface area contributed by atoms with Crippen molar-refractivity contribution in [3.8, 4) is 11.5 Å². The number of carbonyl (C=O) groups is 1. The fourth-order valence-electron chi connectivity index (χ4n) is 3.22. The molecular weight excluding hydrogens is 349 g/mol. The van der Waals surface area contributed by atoms with Crippen LogP contribution in [0.3, 0.4) is 0 Å². The van der Waals surface area contributed by atoms with E-state index < -0.39 is 0 Å². The summed E-state index contributed by atoms with van der Waals surface area (Å²) in [5, 5.41) is 0.912. The molecule has 4 nitrogen and oxygen atoms in total. The maximum Gasteiger partial charge on any atom is 0.255 e. The minimum Gasteiger partial charge on any atom is -0.454 e. The first-order valence-corrected chi connectivity index (χ1v) is 8.51. The van der Waals surface area contributed by atoms with Crippen LogP contribution in [-0.2, 0) is 0 Å². The summed E-state index contributed by atoms with van der Waals surface area (Å²) in [4.78, 5) is 14.5. The van der Waals surface area contributed by atoms with Gasteiger partial charge in [0.1, 0.15) is 0 Å². The van der Waals surface area contributed by atoms with Gasteiger partial charge in [0.2, 0.25) is 6.79 Å². The Labute approximate surface area is 149 Å². The number of ether oxygens (including phenoxy) is 2. The molecule has 1 unspecified atom stereocenters. The first-order chi connectivity index (χ1) is 11.6. The molecule has 2 aliphatic heterocycles. The van der Waals surface area contributed by atoms with Crippen molar-refractivity contribution in [2.75, 3.05) is 19.9 Å². The molecule has 0 saturated carbocycles. The third-order valence-electron chi connectivity index (χ3n) is 4.51. The van der Waals surface area contributed by atoms with Crippen LogP contribution in [0.25, 0.3) is 0 Å². The van der Waals surface area contributed by atoms with Gasteiger partial charge in [0.25, 0.3) is 5.91 Å². The SMILES string of the molecule is O=C(c1ccc(Cl)cc1Cl)N1CCC(c2ccc3c(c2)OCO3)C1. The molecule has 2 aromatic carbocycles. The van der Waals surface area contributed by atoms with E-state index in [1.807, 2.05) is 23.1 Å². The van der Waals surface area contributed by atoms with Crippen molar-refractivity contribution in [2.24, 2.45) is 0 Å². The molecule has 0 spiro atoms. The molecule has 2 aromatic rings. The van der Waals surface area contributed by atoms with Crippen LogP contribution in [0, 0.1) is 0 Å². The molecular formula is C18H15Cl2NO3. The minimum atomic E-state index is -0.0556. The van der Waals surface area contributed by atoms with E-state index in [4.69, 9.17) is 32.7 Å². The van der Waals surface area contributed by atoms with Crippen LogP contribution in [0.15, 0.2) is 36.4 Å². The molecule has 2 aliphatic rings. The van der Waals surface area contributed by atoms with Crippen molar-refractivity contribution in [3.05, 3.63) is 57.6 Å². The lowest BCUT2D eigenvalue weighted by atomic mass is 9.98. The summed E-state index contributed by atoms with van der Waals surface area (Å²) in [6.45, 7) is 1.64. The van der Waals surface area contributed by atoms with Crippen molar-refractivity contribution >= 4 is 29.1 Å². The Morgan fingerprint density at radius 3 is 2.75 bits per heavy atom. The quantitative estimate of drug-likeness (QED) is 0.795. The Balaban J connectivity index is 1.51. The smallest absolute Gasteiger partial charge is 0.255 e. The van der Waals surface area contributed by atoms with Crippen molar-refractivity contribution in [1.29, 1.82) is 0 Å². The van der Waals surface area contributed by atoms with Gasteiger partial charge >= 0.3 is 0 Å². The molecule has 6 heteroatoms. The Bertz CT molecular complexity index is 809. The average molecular weight is 364 g/mol. The molecule has 1 fully saturated rings. The summed E-state index contributed by atoms with van der Waals surface area (Å²) in [5.74, 6) is 1.78. The Morgan fingerprint density at radius 1 is 1.08 bits per heavy atom. The van der Waals surface area contributed by atoms with Gasteiger partial charge in [0.05, 0.1) is 10.6 Å². The van der Waals surface area contributed by atoms with E-state index in [2.05, 4.69) is 0 Å². The average Bonchev–Trinajstić information content (AvgIpc) is 3.23. The molecule has 124 valence electrons. The standard InChI is InChI=1S/C18H15Cl2NO3/c19-13-2-3-14(15(20)8-13)18(22)21-6-5-12(9-21)11-1-4-16-17(7-11)24-10-23-16/h1-4,7-8,12H,5-6,9-10H2. The fourth-order valence-corrected chi connectivity index (χ4v) is 3.71. The van der Waals surface area contributed by atoms with Crippen LogP contribution < -0.4 is 9.47 Å². The van der Waals surface area contributed by atoms with E-state index in [1.54, 1.807) is 18.2 Å². The number of rotatable bonds is 2. The van der Waals surface area contributed by atoms with Gasteiger partial charge in [0.15, 0.2) is 11.5 Å². The minimum absolute atomic E-state index is 0.0556. The van der Waals surface area contributed by atoms with E-state index in [0.29, 0.717) is 28.7 Å². The Kier molecular flexibility index (Phi) is 4.02. The number of carbonyl (C=O) groups excluding carboxylic acids is 1. The second-order valence-electron chi connectivity index (χ2n) is 5.97. The topological polar surface area (TPSA) is 38.8 Å². The lowest BCUT2D eigenvalue weighted by Gasteiger charge is -2.18. The number of likely N-dealkylation sites (tertiary alicyclic amines) is 1. The summed E-state index contributed by atoms with van der Waals surface area (Å²) >= 11 is 12.1. The largest absolute Gasteiger partial charge is 0.454 e. The Hall–Kier alpha value is -1.91. The molecule has 1 saturated heterocycles. The number of hydrogen-bond acceptors (Lipinski definition) is 3. The number of fused-ring (bicyclic) bond motifs is 1. The molecule has 2 heterocycles. The lowest BCUT2D eigenvalue weighted by molar-refractivity contribution is 0.0791. The summed E-state index contributed by atoms with van der Waals surface area (Å²) in [6.07, 6.45) is 0.913. The molecule has 0 bridgehead atoms. The number of halogens is 2. The van der Waals surface area contributed by atoms with Crippen LogP contribution in [0.5, 0.6) is 11.5 Å². The van der Waals surface area contributed by atoms with E-state index in [9.17, 15) is 4.79 Å². The van der Waals surface area contributed by atoms with E-state index in [1.165, 1.54) is 0 Å². The molecule has 0 N–H and O–H groups in total. The zero-order chi connectivity index (χ0) is 16.7. The van der Waals surface area contributed by atoms with Crippen molar-refractivity contribution in [2.45, 2.75) is 12.3 Å². The maximum atomic E-state index is 12.7. The molecule has 4 rings (SSSR count). The van der Waals surface area contributed by atoms with E-state index in [-0.39, 0.29) is 18.6 Å². The second kappa shape index (κ2) is 6.19. The highest BCUT2D eigenvalue weighted by Crippen LogP contribution is 2.37. The summed E-state index contributed by atoms with van der Waals surface area (Å²) in [5.41, 5.74) is 1.66. The lowest BCUT2D eigenvalue weighted by Crippen LogP contribution is -2.28. The van der Waals surface area contributed by atoms with Gasteiger partial charge in [0, 0.05) is 24.0 Å². The van der Waals surface area contributed by atoms with Crippen LogP contribution >= 0.6 is 23.2 Å². The van der Waals surface area contributed by atoms with Gasteiger partial charge in [-0.2, -0.15) is 0 Å². The third kappa shape index (κ3) is 2.80. The molecule has 24 heavy (non-hydrogen) atoms. The maximum absolute atomic E-state index is 12.7. The summed E-state index contributed by atoms with van der Waals surface area (Å²) in [7, 11) is 0. The molecule has 0 aromatic heterocycles. The number of nitrogens with zero attached hydrogens (tertiary/aromatic N) is 1. The molecule has 0 aliphatic carbocycles. The highest BCUT2D eigenvalue weighted by atomic mass is 35.5. The highest BCUT2D eigenvalue weighted by molar-refractivity contribution is 6.36. The first-order valence-electron chi connectivity index (χ1n) is 7.75. The molecule has 0 radical (unpaired) electrons. The highest BCUT2D eigenvalue weighted by Gasteiger charge is 2.29. The van der Waals surface area contributed by atoms with Gasteiger partial charge in [-0.05, 0) is 42.3 Å². The second-order valence-corrected chi connectivity index (χ2v) is 6.82. The zero-order valence-corrected chi connectivity index (χ0v) is 14.3. The van der Waals surface area contributed by atoms with E-state index in [0.717, 1.165) is 23.5 Å². The fraction of sp³-hybridized carbons (Fsp3) is 0.278. The van der Waals surface area contributed by atoms with Crippen LogP contribution in [0.1, 0.15) is 28.3 Å². The van der Waals surface area contributed by atoms with Crippen LogP contribution in [0.2, 0.25) is 10.0 Å². The number of hydrogen-bond donors (Lipinski definition) is 0. The number of benzene rings is 2. The van der Waals surface area contributed by atoms with E-state index >= 15 is 0 Å². The third-order valence-corrected chi connectivity index (χ3v) is 5.05. The normalized spacial score (nSPS) is 18.9. The predicted octanol–water partition coefficient (Wildman–Crippen LogP) is 4.35. The van der Waals surface area contributed by atoms with Crippen molar-refractivity contribution < 1.29 is 14.3 Å². The molecule has 1 atom stereocenters. The molecule has 1 amide bonds. The van der Waals surface area contributed by atoms with Gasteiger partial charge in [-0.25, -0.2) is 0 Å². The van der Waals surface area contributed by atoms with Crippen molar-refractivity contribution in [1.82, 2.24) is 4.90 Å². The number of amides is 1. The van der Waals surface area contributed by atoms with Gasteiger partial charge < -0.3 is 14.4 Å². The van der Waals surface area contributed by atoms with Crippen molar-refractivity contribution in [3.63, 3.8) is 0 Å². The summed E-state index contributed by atoms with van der Waals surface area (Å²) in [6, 6.07) is 10.9. The van der Waals surface area contributed by atoms with Crippen LogP contribution in [0.4, 0.5) is 0 Å². The van der Waals surface area contributed by atoms with Gasteiger partial charge in [-0.1, -0.05) is 29.3 Å². The van der Waals surface area contributed by atoms with Gasteiger partial charge in [-0.3, -0.25) is 4.79 Å².